The summed E-state index contributed by atoms with van der Waals surface area (Å²) in [6.07, 6.45) is 5.94. The molecule has 6 nitrogen and oxygen atoms in total. The highest BCUT2D eigenvalue weighted by Gasteiger charge is 2.59. The van der Waals surface area contributed by atoms with Gasteiger partial charge in [0.25, 0.3) is 0 Å². The van der Waals surface area contributed by atoms with Crippen molar-refractivity contribution in [3.63, 3.8) is 0 Å². The molecule has 2 aromatic heterocycles. The number of hydrogen-bond acceptors (Lipinski definition) is 5. The van der Waals surface area contributed by atoms with Crippen LogP contribution in [0.2, 0.25) is 0 Å². The number of aromatic nitrogens is 3. The molecule has 28 heavy (non-hydrogen) atoms. The number of piperidine rings is 1. The van der Waals surface area contributed by atoms with Crippen molar-refractivity contribution < 1.29 is 4.74 Å². The molecule has 6 heteroatoms. The minimum Gasteiger partial charge on any atom is -0.383 e. The maximum atomic E-state index is 6.11. The Morgan fingerprint density at radius 3 is 2.50 bits per heavy atom. The topological polar surface area (TPSA) is 69.2 Å². The Hall–Kier alpha value is -1.92. The van der Waals surface area contributed by atoms with E-state index in [4.69, 9.17) is 15.6 Å². The van der Waals surface area contributed by atoms with Crippen LogP contribution in [-0.4, -0.2) is 45.6 Å². The van der Waals surface area contributed by atoms with Gasteiger partial charge in [0, 0.05) is 48.9 Å². The average molecular weight is 380 g/mol. The van der Waals surface area contributed by atoms with E-state index in [1.165, 1.54) is 43.6 Å². The van der Waals surface area contributed by atoms with Gasteiger partial charge in [0.2, 0.25) is 0 Å². The molecule has 4 heterocycles. The molecule has 0 spiro atoms. The van der Waals surface area contributed by atoms with Crippen LogP contribution in [-0.2, 0) is 4.74 Å². The van der Waals surface area contributed by atoms with Crippen molar-refractivity contribution in [2.45, 2.75) is 57.2 Å². The summed E-state index contributed by atoms with van der Waals surface area (Å²) in [6.45, 7) is 7.73. The Bertz CT molecular complexity index is 902. The van der Waals surface area contributed by atoms with Crippen molar-refractivity contribution in [3.05, 3.63) is 29.6 Å². The fourth-order valence-corrected chi connectivity index (χ4v) is 5.31. The molecule has 2 aliphatic carbocycles. The monoisotopic (exact) mass is 379 g/mol. The second-order valence-corrected chi connectivity index (χ2v) is 9.39. The minimum absolute atomic E-state index is 0.362. The van der Waals surface area contributed by atoms with Crippen LogP contribution in [0.3, 0.4) is 0 Å². The number of pyridine rings is 1. The number of fused-ring (bicyclic) bond motifs is 1. The van der Waals surface area contributed by atoms with Crippen LogP contribution < -0.4 is 5.73 Å². The maximum Gasteiger partial charge on any atom is 0.126 e. The van der Waals surface area contributed by atoms with Gasteiger partial charge in [-0.1, -0.05) is 0 Å². The first-order valence-corrected chi connectivity index (χ1v) is 10.8. The summed E-state index contributed by atoms with van der Waals surface area (Å²) in [6, 6.07) is 4.90. The molecule has 0 aromatic carbocycles. The first-order chi connectivity index (χ1) is 13.6. The number of ether oxygens (including phenoxy) is 1. The van der Waals surface area contributed by atoms with E-state index < -0.39 is 0 Å². The molecule has 2 unspecified atom stereocenters. The molecule has 0 amide bonds. The number of nitrogens with two attached hydrogens (primary N) is 1. The highest BCUT2D eigenvalue weighted by atomic mass is 16.5. The Morgan fingerprint density at radius 2 is 1.89 bits per heavy atom. The highest BCUT2D eigenvalue weighted by molar-refractivity contribution is 5.63. The van der Waals surface area contributed by atoms with Gasteiger partial charge >= 0.3 is 0 Å². The molecule has 2 saturated carbocycles. The molecule has 0 bridgehead atoms. The Kier molecular flexibility index (Phi) is 3.66. The van der Waals surface area contributed by atoms with Crippen molar-refractivity contribution in [3.8, 4) is 11.3 Å². The van der Waals surface area contributed by atoms with Crippen LogP contribution in [0, 0.1) is 11.8 Å². The second kappa shape index (κ2) is 6.04. The molecule has 6 rings (SSSR count). The van der Waals surface area contributed by atoms with E-state index in [9.17, 15) is 0 Å². The lowest BCUT2D eigenvalue weighted by molar-refractivity contribution is -0.140. The van der Waals surface area contributed by atoms with Crippen molar-refractivity contribution in [1.82, 2.24) is 19.7 Å². The molecule has 4 aliphatic rings. The minimum atomic E-state index is 0.362. The van der Waals surface area contributed by atoms with Gasteiger partial charge in [0.05, 0.1) is 12.3 Å². The zero-order valence-corrected chi connectivity index (χ0v) is 16.7. The van der Waals surface area contributed by atoms with Crippen LogP contribution in [0.25, 0.3) is 11.3 Å². The van der Waals surface area contributed by atoms with Crippen molar-refractivity contribution >= 4 is 5.82 Å². The van der Waals surface area contributed by atoms with Crippen LogP contribution in [0.1, 0.15) is 62.2 Å². The summed E-state index contributed by atoms with van der Waals surface area (Å²) in [7, 11) is 0. The standard InChI is InChI=1S/C22H29N5O/c1-12(2)27-19(21-16-10-26(11-17(16)21)20-5-6-28-20)8-18(25-27)14-7-15(13-3-4-13)22(23)24-9-14/h7-9,12-13,16-17,20-21H,3-6,10-11H2,1-2H3,(H2,23,24)/t16-,17+,20?,21?. The number of nitrogen functional groups attached to an aromatic ring is 1. The van der Waals surface area contributed by atoms with E-state index in [1.54, 1.807) is 0 Å². The van der Waals surface area contributed by atoms with E-state index in [2.05, 4.69) is 40.5 Å². The van der Waals surface area contributed by atoms with E-state index in [-0.39, 0.29) is 0 Å². The first-order valence-electron chi connectivity index (χ1n) is 10.8. The van der Waals surface area contributed by atoms with Gasteiger partial charge in [-0.3, -0.25) is 9.58 Å². The zero-order chi connectivity index (χ0) is 19.0. The normalized spacial score (nSPS) is 31.8. The second-order valence-electron chi connectivity index (χ2n) is 9.39. The lowest BCUT2D eigenvalue weighted by Gasteiger charge is -2.36. The lowest BCUT2D eigenvalue weighted by Crippen LogP contribution is -2.44. The highest BCUT2D eigenvalue weighted by Crippen LogP contribution is 2.59. The number of nitrogens with zero attached hydrogens (tertiary/aromatic N) is 4. The molecule has 2 aliphatic heterocycles. The predicted octanol–water partition coefficient (Wildman–Crippen LogP) is 3.38. The number of rotatable bonds is 5. The van der Waals surface area contributed by atoms with E-state index in [0.717, 1.165) is 29.7 Å². The van der Waals surface area contributed by atoms with Crippen LogP contribution in [0.15, 0.2) is 18.3 Å². The fraction of sp³-hybridized carbons (Fsp3) is 0.636. The third-order valence-corrected chi connectivity index (χ3v) is 7.16. The Morgan fingerprint density at radius 1 is 1.14 bits per heavy atom. The predicted molar refractivity (Wildman–Crippen MR) is 108 cm³/mol. The van der Waals surface area contributed by atoms with Gasteiger partial charge in [-0.15, -0.1) is 0 Å². The van der Waals surface area contributed by atoms with Gasteiger partial charge in [-0.05, 0) is 62.1 Å². The average Bonchev–Trinajstić information content (AvgIpc) is 3.49. The third-order valence-electron chi connectivity index (χ3n) is 7.16. The molecule has 148 valence electrons. The molecular weight excluding hydrogens is 350 g/mol. The van der Waals surface area contributed by atoms with E-state index in [1.807, 2.05) is 6.20 Å². The number of likely N-dealkylation sites (tertiary alicyclic amines) is 1. The van der Waals surface area contributed by atoms with Gasteiger partial charge in [-0.2, -0.15) is 5.10 Å². The third kappa shape index (κ3) is 2.61. The molecule has 0 radical (unpaired) electrons. The largest absolute Gasteiger partial charge is 0.383 e. The SMILES string of the molecule is CC(C)n1nc(-c2cnc(N)c(C3CC3)c2)cc1C1[C@H]2CN(C3CCO3)C[C@@H]12. The van der Waals surface area contributed by atoms with Crippen LogP contribution in [0.5, 0.6) is 0 Å². The van der Waals surface area contributed by atoms with Crippen LogP contribution >= 0.6 is 0 Å². The maximum absolute atomic E-state index is 6.11. The van der Waals surface area contributed by atoms with Crippen molar-refractivity contribution in [2.24, 2.45) is 11.8 Å². The smallest absolute Gasteiger partial charge is 0.126 e. The molecule has 2 aromatic rings. The summed E-state index contributed by atoms with van der Waals surface area (Å²) in [4.78, 5) is 7.01. The zero-order valence-electron chi connectivity index (χ0n) is 16.7. The summed E-state index contributed by atoms with van der Waals surface area (Å²) in [5.74, 6) is 3.45. The molecular formula is C22H29N5O. The number of anilines is 1. The summed E-state index contributed by atoms with van der Waals surface area (Å²) in [5.41, 5.74) is 10.9. The van der Waals surface area contributed by atoms with Crippen LogP contribution in [0.4, 0.5) is 5.82 Å². The summed E-state index contributed by atoms with van der Waals surface area (Å²) in [5, 5.41) is 5.00. The van der Waals surface area contributed by atoms with Gasteiger partial charge in [-0.25, -0.2) is 4.98 Å². The van der Waals surface area contributed by atoms with Crippen molar-refractivity contribution in [1.29, 1.82) is 0 Å². The molecule has 4 atom stereocenters. The summed E-state index contributed by atoms with van der Waals surface area (Å²) < 4.78 is 7.93. The van der Waals surface area contributed by atoms with Gasteiger partial charge < -0.3 is 10.5 Å². The Balaban J connectivity index is 1.28. The van der Waals surface area contributed by atoms with E-state index in [0.29, 0.717) is 29.9 Å². The lowest BCUT2D eigenvalue weighted by atomic mass is 10.1. The summed E-state index contributed by atoms with van der Waals surface area (Å²) >= 11 is 0. The first kappa shape index (κ1) is 17.0. The quantitative estimate of drug-likeness (QED) is 0.862. The number of hydrogen-bond donors (Lipinski definition) is 1. The molecule has 2 N–H and O–H groups in total. The molecule has 4 fully saturated rings. The fourth-order valence-electron chi connectivity index (χ4n) is 5.31. The van der Waals surface area contributed by atoms with Crippen molar-refractivity contribution in [2.75, 3.05) is 25.4 Å². The Labute approximate surface area is 166 Å². The van der Waals surface area contributed by atoms with E-state index >= 15 is 0 Å². The molecule has 2 saturated heterocycles. The van der Waals surface area contributed by atoms with Gasteiger partial charge in [0.1, 0.15) is 12.0 Å². The van der Waals surface area contributed by atoms with Gasteiger partial charge in [0.15, 0.2) is 0 Å².